The molecule has 0 amide bonds. The van der Waals surface area contributed by atoms with Crippen LogP contribution in [-0.4, -0.2) is 5.24 Å². The highest BCUT2D eigenvalue weighted by atomic mass is 35.5. The van der Waals surface area contributed by atoms with Gasteiger partial charge in [0.25, 0.3) is 0 Å². The summed E-state index contributed by atoms with van der Waals surface area (Å²) in [6, 6.07) is 0. The Morgan fingerprint density at radius 1 is 1.50 bits per heavy atom. The smallest absolute Gasteiger partial charge is 0.224 e. The molecule has 1 fully saturated rings. The molecule has 0 spiro atoms. The van der Waals surface area contributed by atoms with E-state index in [9.17, 15) is 4.79 Å². The quantitative estimate of drug-likeness (QED) is 0.539. The van der Waals surface area contributed by atoms with E-state index in [1.807, 2.05) is 0 Å². The van der Waals surface area contributed by atoms with Gasteiger partial charge in [0.05, 0.1) is 0 Å². The summed E-state index contributed by atoms with van der Waals surface area (Å²) in [6.07, 6.45) is 4.44. The molecule has 1 aliphatic rings. The summed E-state index contributed by atoms with van der Waals surface area (Å²) in [5, 5.41) is -0.133. The summed E-state index contributed by atoms with van der Waals surface area (Å²) >= 11 is 5.38. The van der Waals surface area contributed by atoms with Crippen LogP contribution in [0.5, 0.6) is 0 Å². The summed E-state index contributed by atoms with van der Waals surface area (Å²) in [7, 11) is 0. The van der Waals surface area contributed by atoms with Crippen LogP contribution < -0.4 is 0 Å². The van der Waals surface area contributed by atoms with E-state index in [0.29, 0.717) is 5.92 Å². The average Bonchev–Trinajstić information content (AvgIpc) is 1.88. The molecule has 0 unspecified atom stereocenters. The lowest BCUT2D eigenvalue weighted by atomic mass is 9.83. The van der Waals surface area contributed by atoms with Crippen LogP contribution in [0, 0.1) is 11.8 Å². The number of hydrogen-bond acceptors (Lipinski definition) is 1. The van der Waals surface area contributed by atoms with E-state index >= 15 is 0 Å². The Balaban J connectivity index is 2.39. The highest BCUT2D eigenvalue weighted by molar-refractivity contribution is 6.63. The Morgan fingerprint density at radius 2 is 2.20 bits per heavy atom. The fourth-order valence-corrected chi connectivity index (χ4v) is 1.84. The molecule has 58 valence electrons. The molecule has 1 nitrogen and oxygen atoms in total. The van der Waals surface area contributed by atoms with Crippen molar-refractivity contribution in [2.75, 3.05) is 0 Å². The molecule has 10 heavy (non-hydrogen) atoms. The topological polar surface area (TPSA) is 17.1 Å². The van der Waals surface area contributed by atoms with Crippen molar-refractivity contribution >= 4 is 16.8 Å². The van der Waals surface area contributed by atoms with Crippen molar-refractivity contribution in [1.82, 2.24) is 0 Å². The Morgan fingerprint density at radius 3 is 2.60 bits per heavy atom. The van der Waals surface area contributed by atoms with E-state index in [4.69, 9.17) is 11.6 Å². The zero-order chi connectivity index (χ0) is 7.56. The van der Waals surface area contributed by atoms with Gasteiger partial charge in [0.1, 0.15) is 0 Å². The van der Waals surface area contributed by atoms with Crippen molar-refractivity contribution in [3.63, 3.8) is 0 Å². The lowest BCUT2D eigenvalue weighted by molar-refractivity contribution is -0.116. The van der Waals surface area contributed by atoms with Gasteiger partial charge in [0.15, 0.2) is 0 Å². The Kier molecular flexibility index (Phi) is 2.72. The lowest BCUT2D eigenvalue weighted by Crippen LogP contribution is -2.17. The second-order valence-corrected chi connectivity index (χ2v) is 3.65. The third-order valence-corrected chi connectivity index (χ3v) is 2.57. The summed E-state index contributed by atoms with van der Waals surface area (Å²) in [5.74, 6) is 0.854. The summed E-state index contributed by atoms with van der Waals surface area (Å²) in [4.78, 5) is 10.7. The van der Waals surface area contributed by atoms with E-state index in [0.717, 1.165) is 12.8 Å². The number of carbonyl (C=O) groups excluding carboxylic acids is 1. The van der Waals surface area contributed by atoms with Gasteiger partial charge in [0, 0.05) is 5.92 Å². The van der Waals surface area contributed by atoms with Crippen LogP contribution in [0.4, 0.5) is 0 Å². The van der Waals surface area contributed by atoms with E-state index in [1.165, 1.54) is 12.8 Å². The molecule has 0 radical (unpaired) electrons. The standard InChI is InChI=1S/C8H13ClO/c1-6-3-2-4-7(5-6)8(9)10/h6-7H,2-5H2,1H3/t6-,7+/m0/s1. The zero-order valence-corrected chi connectivity index (χ0v) is 7.03. The number of hydrogen-bond donors (Lipinski definition) is 0. The Labute approximate surface area is 66.8 Å². The van der Waals surface area contributed by atoms with Crippen molar-refractivity contribution < 1.29 is 4.79 Å². The van der Waals surface area contributed by atoms with Crippen LogP contribution in [0.25, 0.3) is 0 Å². The fraction of sp³-hybridized carbons (Fsp3) is 0.875. The molecule has 0 aromatic rings. The lowest BCUT2D eigenvalue weighted by Gasteiger charge is -2.23. The van der Waals surface area contributed by atoms with Crippen LogP contribution in [0.15, 0.2) is 0 Å². The van der Waals surface area contributed by atoms with E-state index in [1.54, 1.807) is 0 Å². The maximum absolute atomic E-state index is 10.7. The monoisotopic (exact) mass is 160 g/mol. The third-order valence-electron chi connectivity index (χ3n) is 2.26. The van der Waals surface area contributed by atoms with Crippen molar-refractivity contribution in [3.05, 3.63) is 0 Å². The van der Waals surface area contributed by atoms with Gasteiger partial charge in [-0.05, 0) is 30.4 Å². The average molecular weight is 161 g/mol. The van der Waals surface area contributed by atoms with Gasteiger partial charge in [-0.15, -0.1) is 0 Å². The minimum absolute atomic E-state index is 0.133. The highest BCUT2D eigenvalue weighted by Crippen LogP contribution is 2.29. The molecule has 0 N–H and O–H groups in total. The van der Waals surface area contributed by atoms with Crippen LogP contribution in [0.2, 0.25) is 0 Å². The first-order chi connectivity index (χ1) is 4.70. The molecule has 0 saturated heterocycles. The highest BCUT2D eigenvalue weighted by Gasteiger charge is 2.23. The predicted molar refractivity (Wildman–Crippen MR) is 42.0 cm³/mol. The summed E-state index contributed by atoms with van der Waals surface area (Å²) < 4.78 is 0. The van der Waals surface area contributed by atoms with Crippen molar-refractivity contribution in [2.24, 2.45) is 11.8 Å². The Bertz CT molecular complexity index is 133. The van der Waals surface area contributed by atoms with Crippen molar-refractivity contribution in [1.29, 1.82) is 0 Å². The maximum Gasteiger partial charge on any atom is 0.224 e. The molecule has 1 aliphatic carbocycles. The first-order valence-electron chi connectivity index (χ1n) is 3.89. The van der Waals surface area contributed by atoms with E-state index < -0.39 is 0 Å². The van der Waals surface area contributed by atoms with E-state index in [2.05, 4.69) is 6.92 Å². The molecule has 1 rings (SSSR count). The van der Waals surface area contributed by atoms with Gasteiger partial charge < -0.3 is 0 Å². The molecular formula is C8H13ClO. The van der Waals surface area contributed by atoms with Crippen LogP contribution in [0.1, 0.15) is 32.6 Å². The van der Waals surface area contributed by atoms with Crippen LogP contribution in [0.3, 0.4) is 0 Å². The largest absolute Gasteiger partial charge is 0.281 e. The van der Waals surface area contributed by atoms with Gasteiger partial charge in [0.2, 0.25) is 5.24 Å². The van der Waals surface area contributed by atoms with Crippen LogP contribution in [-0.2, 0) is 4.79 Å². The zero-order valence-electron chi connectivity index (χ0n) is 6.27. The molecule has 0 aromatic heterocycles. The Hall–Kier alpha value is -0.0400. The third kappa shape index (κ3) is 1.98. The van der Waals surface area contributed by atoms with Crippen LogP contribution >= 0.6 is 11.6 Å². The number of carbonyl (C=O) groups is 1. The minimum Gasteiger partial charge on any atom is -0.281 e. The molecule has 2 atom stereocenters. The van der Waals surface area contributed by atoms with Gasteiger partial charge >= 0.3 is 0 Å². The molecule has 0 heterocycles. The van der Waals surface area contributed by atoms with Crippen molar-refractivity contribution in [2.45, 2.75) is 32.6 Å². The first-order valence-corrected chi connectivity index (χ1v) is 4.27. The molecular weight excluding hydrogens is 148 g/mol. The molecule has 0 aromatic carbocycles. The molecule has 1 saturated carbocycles. The molecule has 2 heteroatoms. The van der Waals surface area contributed by atoms with Gasteiger partial charge in [-0.1, -0.05) is 19.8 Å². The first kappa shape index (κ1) is 8.06. The van der Waals surface area contributed by atoms with Gasteiger partial charge in [-0.25, -0.2) is 0 Å². The number of rotatable bonds is 1. The SMILES string of the molecule is C[C@H]1CCC[C@@H](C(=O)Cl)C1. The summed E-state index contributed by atoms with van der Waals surface area (Å²) in [6.45, 7) is 2.19. The summed E-state index contributed by atoms with van der Waals surface area (Å²) in [5.41, 5.74) is 0. The van der Waals surface area contributed by atoms with Crippen molar-refractivity contribution in [3.8, 4) is 0 Å². The minimum atomic E-state index is -0.133. The number of halogens is 1. The maximum atomic E-state index is 10.7. The normalized spacial score (nSPS) is 33.8. The van der Waals surface area contributed by atoms with E-state index in [-0.39, 0.29) is 11.2 Å². The fourth-order valence-electron chi connectivity index (χ4n) is 1.64. The second kappa shape index (κ2) is 3.38. The molecule has 0 aliphatic heterocycles. The molecule has 0 bridgehead atoms. The second-order valence-electron chi connectivity index (χ2n) is 3.27. The van der Waals surface area contributed by atoms with Gasteiger partial charge in [-0.2, -0.15) is 0 Å². The van der Waals surface area contributed by atoms with Gasteiger partial charge in [-0.3, -0.25) is 4.79 Å². The predicted octanol–water partition coefficient (Wildman–Crippen LogP) is 2.58.